The number of ether oxygens (including phenoxy) is 1. The van der Waals surface area contributed by atoms with Crippen molar-refractivity contribution in [2.45, 2.75) is 20.3 Å². The van der Waals surface area contributed by atoms with E-state index in [-0.39, 0.29) is 0 Å². The molecule has 0 atom stereocenters. The van der Waals surface area contributed by atoms with Gasteiger partial charge in [-0.25, -0.2) is 0 Å². The zero-order valence-corrected chi connectivity index (χ0v) is 11.2. The maximum absolute atomic E-state index is 11.1. The minimum absolute atomic E-state index is 0.666. The number of rotatable bonds is 5. The molecule has 1 aromatic heterocycles. The van der Waals surface area contributed by atoms with Crippen molar-refractivity contribution in [3.63, 3.8) is 0 Å². The van der Waals surface area contributed by atoms with Crippen LogP contribution >= 0.6 is 0 Å². The zero-order valence-electron chi connectivity index (χ0n) is 11.2. The molecule has 2 rings (SSSR count). The monoisotopic (exact) mass is 255 g/mol. The van der Waals surface area contributed by atoms with Gasteiger partial charge >= 0.3 is 0 Å². The Morgan fingerprint density at radius 2 is 2.11 bits per heavy atom. The van der Waals surface area contributed by atoms with Gasteiger partial charge in [-0.05, 0) is 25.0 Å². The third-order valence-electron chi connectivity index (χ3n) is 2.83. The molecule has 2 aromatic rings. The molecule has 0 unspecified atom stereocenters. The van der Waals surface area contributed by atoms with Gasteiger partial charge in [0.15, 0.2) is 6.29 Å². The third-order valence-corrected chi connectivity index (χ3v) is 2.83. The van der Waals surface area contributed by atoms with E-state index in [4.69, 9.17) is 4.74 Å². The molecule has 1 aromatic carbocycles. The Balaban J connectivity index is 2.40. The van der Waals surface area contributed by atoms with Gasteiger partial charge in [-0.1, -0.05) is 30.7 Å². The van der Waals surface area contributed by atoms with Crippen molar-refractivity contribution < 1.29 is 9.53 Å². The highest BCUT2D eigenvalue weighted by molar-refractivity contribution is 5.87. The van der Waals surface area contributed by atoms with Crippen molar-refractivity contribution in [3.8, 4) is 16.9 Å². The number of hydrogen-bond donors (Lipinski definition) is 0. The van der Waals surface area contributed by atoms with Crippen LogP contribution in [-0.4, -0.2) is 17.9 Å². The largest absolute Gasteiger partial charge is 0.492 e. The standard InChI is InChI=1S/C16H17NO2/c1-3-6-19-15-8-14(9-17-10-15)16-7-12(2)4-5-13(16)11-18/h4-5,7-11H,3,6H2,1-2H3. The molecule has 3 heteroatoms. The van der Waals surface area contributed by atoms with Gasteiger partial charge in [0.25, 0.3) is 0 Å². The van der Waals surface area contributed by atoms with Gasteiger partial charge in [-0.15, -0.1) is 0 Å². The lowest BCUT2D eigenvalue weighted by Crippen LogP contribution is -1.96. The average molecular weight is 255 g/mol. The number of hydrogen-bond acceptors (Lipinski definition) is 3. The molecule has 0 aliphatic heterocycles. The Bertz CT molecular complexity index is 579. The molecule has 0 aliphatic rings. The smallest absolute Gasteiger partial charge is 0.150 e. The molecule has 0 aliphatic carbocycles. The maximum atomic E-state index is 11.1. The van der Waals surface area contributed by atoms with Crippen molar-refractivity contribution in [2.24, 2.45) is 0 Å². The first kappa shape index (κ1) is 13.3. The molecule has 0 saturated carbocycles. The molecule has 0 fully saturated rings. The normalized spacial score (nSPS) is 10.2. The van der Waals surface area contributed by atoms with Crippen LogP contribution in [0, 0.1) is 6.92 Å². The Labute approximate surface area is 113 Å². The molecule has 1 heterocycles. The first-order valence-electron chi connectivity index (χ1n) is 6.38. The quantitative estimate of drug-likeness (QED) is 0.765. The van der Waals surface area contributed by atoms with Crippen LogP contribution < -0.4 is 4.74 Å². The van der Waals surface area contributed by atoms with E-state index in [1.54, 1.807) is 12.4 Å². The van der Waals surface area contributed by atoms with Crippen molar-refractivity contribution in [3.05, 3.63) is 47.8 Å². The fourth-order valence-electron chi connectivity index (χ4n) is 1.89. The number of carbonyl (C=O) groups is 1. The lowest BCUT2D eigenvalue weighted by Gasteiger charge is -2.09. The van der Waals surface area contributed by atoms with Crippen LogP contribution in [0.4, 0.5) is 0 Å². The Morgan fingerprint density at radius 3 is 2.84 bits per heavy atom. The summed E-state index contributed by atoms with van der Waals surface area (Å²) in [4.78, 5) is 15.3. The molecule has 3 nitrogen and oxygen atoms in total. The molecule has 0 N–H and O–H groups in total. The lowest BCUT2D eigenvalue weighted by atomic mass is 9.99. The highest BCUT2D eigenvalue weighted by atomic mass is 16.5. The number of aryl methyl sites for hydroxylation is 1. The zero-order chi connectivity index (χ0) is 13.7. The van der Waals surface area contributed by atoms with E-state index >= 15 is 0 Å². The number of nitrogens with zero attached hydrogens (tertiary/aromatic N) is 1. The number of benzene rings is 1. The summed E-state index contributed by atoms with van der Waals surface area (Å²) in [7, 11) is 0. The van der Waals surface area contributed by atoms with Gasteiger partial charge in [-0.2, -0.15) is 0 Å². The fourth-order valence-corrected chi connectivity index (χ4v) is 1.89. The Kier molecular flexibility index (Phi) is 4.29. The number of carbonyl (C=O) groups excluding carboxylic acids is 1. The second kappa shape index (κ2) is 6.14. The summed E-state index contributed by atoms with van der Waals surface area (Å²) in [6.45, 7) is 4.73. The van der Waals surface area contributed by atoms with E-state index in [1.807, 2.05) is 31.2 Å². The first-order valence-corrected chi connectivity index (χ1v) is 6.38. The lowest BCUT2D eigenvalue weighted by molar-refractivity contribution is 0.112. The van der Waals surface area contributed by atoms with Crippen LogP contribution in [0.15, 0.2) is 36.7 Å². The van der Waals surface area contributed by atoms with E-state index in [0.717, 1.165) is 35.1 Å². The summed E-state index contributed by atoms with van der Waals surface area (Å²) in [5.74, 6) is 0.734. The number of aldehydes is 1. The molecule has 0 amide bonds. The molecule has 0 spiro atoms. The van der Waals surface area contributed by atoms with E-state index < -0.39 is 0 Å². The van der Waals surface area contributed by atoms with E-state index in [9.17, 15) is 4.79 Å². The van der Waals surface area contributed by atoms with Crippen molar-refractivity contribution >= 4 is 6.29 Å². The average Bonchev–Trinajstić information content (AvgIpc) is 2.45. The van der Waals surface area contributed by atoms with E-state index in [1.165, 1.54) is 0 Å². The van der Waals surface area contributed by atoms with Crippen molar-refractivity contribution in [1.82, 2.24) is 4.98 Å². The van der Waals surface area contributed by atoms with Crippen LogP contribution in [-0.2, 0) is 0 Å². The topological polar surface area (TPSA) is 39.2 Å². The van der Waals surface area contributed by atoms with Gasteiger partial charge in [0.05, 0.1) is 12.8 Å². The number of aromatic nitrogens is 1. The molecule has 0 radical (unpaired) electrons. The molecule has 0 saturated heterocycles. The summed E-state index contributed by atoms with van der Waals surface area (Å²) in [6.07, 6.45) is 5.26. The van der Waals surface area contributed by atoms with Gasteiger partial charge in [0.1, 0.15) is 5.75 Å². The van der Waals surface area contributed by atoms with Crippen LogP contribution in [0.3, 0.4) is 0 Å². The minimum Gasteiger partial charge on any atom is -0.492 e. The van der Waals surface area contributed by atoms with Crippen molar-refractivity contribution in [2.75, 3.05) is 6.61 Å². The highest BCUT2D eigenvalue weighted by Crippen LogP contribution is 2.26. The van der Waals surface area contributed by atoms with Gasteiger partial charge in [-0.3, -0.25) is 9.78 Å². The minimum atomic E-state index is 0.666. The Morgan fingerprint density at radius 1 is 1.26 bits per heavy atom. The summed E-state index contributed by atoms with van der Waals surface area (Å²) >= 11 is 0. The predicted octanol–water partition coefficient (Wildman–Crippen LogP) is 3.66. The summed E-state index contributed by atoms with van der Waals surface area (Å²) in [6, 6.07) is 7.67. The molecule has 19 heavy (non-hydrogen) atoms. The van der Waals surface area contributed by atoms with Gasteiger partial charge < -0.3 is 4.74 Å². The predicted molar refractivity (Wildman–Crippen MR) is 75.6 cm³/mol. The van der Waals surface area contributed by atoms with Crippen LogP contribution in [0.25, 0.3) is 11.1 Å². The summed E-state index contributed by atoms with van der Waals surface area (Å²) < 4.78 is 5.57. The fraction of sp³-hybridized carbons (Fsp3) is 0.250. The molecular formula is C16H17NO2. The summed E-state index contributed by atoms with van der Waals surface area (Å²) in [5.41, 5.74) is 3.57. The molecule has 0 bridgehead atoms. The Hall–Kier alpha value is -2.16. The van der Waals surface area contributed by atoms with Crippen LogP contribution in [0.5, 0.6) is 5.75 Å². The number of pyridine rings is 1. The van der Waals surface area contributed by atoms with Crippen LogP contribution in [0.2, 0.25) is 0 Å². The van der Waals surface area contributed by atoms with Gasteiger partial charge in [0.2, 0.25) is 0 Å². The van der Waals surface area contributed by atoms with Crippen LogP contribution in [0.1, 0.15) is 29.3 Å². The maximum Gasteiger partial charge on any atom is 0.150 e. The second-order valence-corrected chi connectivity index (χ2v) is 4.47. The van der Waals surface area contributed by atoms with Gasteiger partial charge in [0, 0.05) is 17.3 Å². The van der Waals surface area contributed by atoms with E-state index in [0.29, 0.717) is 12.2 Å². The third kappa shape index (κ3) is 3.19. The SMILES string of the molecule is CCCOc1cncc(-c2cc(C)ccc2C=O)c1. The first-order chi connectivity index (χ1) is 9.24. The summed E-state index contributed by atoms with van der Waals surface area (Å²) in [5, 5.41) is 0. The molecule has 98 valence electrons. The van der Waals surface area contributed by atoms with E-state index in [2.05, 4.69) is 11.9 Å². The highest BCUT2D eigenvalue weighted by Gasteiger charge is 2.06. The second-order valence-electron chi connectivity index (χ2n) is 4.47. The van der Waals surface area contributed by atoms with Crippen molar-refractivity contribution in [1.29, 1.82) is 0 Å². The molecular weight excluding hydrogens is 238 g/mol.